The van der Waals surface area contributed by atoms with Crippen LogP contribution in [0.3, 0.4) is 0 Å². The number of esters is 1. The number of primary amides is 1. The first-order valence-corrected chi connectivity index (χ1v) is 9.57. The minimum atomic E-state index is -1.07. The van der Waals surface area contributed by atoms with Gasteiger partial charge in [0, 0.05) is 6.42 Å². The Morgan fingerprint density at radius 3 is 2.13 bits per heavy atom. The molecule has 0 bridgehead atoms. The van der Waals surface area contributed by atoms with Crippen LogP contribution in [0.2, 0.25) is 1.41 Å². The zero-order valence-corrected chi connectivity index (χ0v) is 16.6. The smallest absolute Gasteiger partial charge is 0.306 e. The number of rotatable bonds is 13. The quantitative estimate of drug-likeness (QED) is 0.419. The standard InChI is InChI=1S/C22H27N3O5/c23-18(15-29-13-16-7-3-1-4-8-16)22(28)25-19(21(24)27)11-12-20(26)30-14-17-9-5-2-6-10-17/h1-10,18-19H,11-15,23H2,(H2,24,27)(H,25,28)/t18-,19-/m0/s1/i/hD. The lowest BCUT2D eigenvalue weighted by atomic mass is 10.1. The lowest BCUT2D eigenvalue weighted by Crippen LogP contribution is -2.51. The van der Waals surface area contributed by atoms with E-state index in [0.717, 1.165) is 11.1 Å². The molecule has 0 fully saturated rings. The Morgan fingerprint density at radius 2 is 1.57 bits per heavy atom. The van der Waals surface area contributed by atoms with Crippen molar-refractivity contribution in [2.45, 2.75) is 38.1 Å². The van der Waals surface area contributed by atoms with Gasteiger partial charge in [-0.25, -0.2) is 0 Å². The zero-order valence-electron chi connectivity index (χ0n) is 17.6. The molecule has 0 saturated heterocycles. The third-order valence-corrected chi connectivity index (χ3v) is 4.25. The van der Waals surface area contributed by atoms with E-state index in [-0.39, 0.29) is 32.7 Å². The molecule has 0 aliphatic carbocycles. The number of carbonyl (C=O) groups is 3. The maximum atomic E-state index is 12.4. The van der Waals surface area contributed by atoms with Crippen molar-refractivity contribution in [2.75, 3.05) is 6.61 Å². The largest absolute Gasteiger partial charge is 0.461 e. The number of nitrogens with one attached hydrogen (secondary N) is 1. The lowest BCUT2D eigenvalue weighted by molar-refractivity contribution is -0.145. The van der Waals surface area contributed by atoms with Crippen LogP contribution in [0.1, 0.15) is 24.0 Å². The van der Waals surface area contributed by atoms with E-state index in [1.165, 1.54) is 0 Å². The van der Waals surface area contributed by atoms with Gasteiger partial charge in [0.1, 0.15) is 20.1 Å². The monoisotopic (exact) mass is 414 g/mol. The van der Waals surface area contributed by atoms with Crippen molar-refractivity contribution >= 4 is 17.8 Å². The van der Waals surface area contributed by atoms with Gasteiger partial charge in [-0.05, 0) is 17.5 Å². The number of nitrogens with two attached hydrogens (primary N) is 2. The summed E-state index contributed by atoms with van der Waals surface area (Å²) in [7, 11) is 0. The van der Waals surface area contributed by atoms with Gasteiger partial charge in [-0.1, -0.05) is 60.7 Å². The van der Waals surface area contributed by atoms with Gasteiger partial charge in [0.2, 0.25) is 11.8 Å². The van der Waals surface area contributed by atoms with Crippen molar-refractivity contribution in [3.8, 4) is 0 Å². The Labute approximate surface area is 177 Å². The highest BCUT2D eigenvalue weighted by atomic mass is 16.5. The molecular formula is C22H27N3O5. The van der Waals surface area contributed by atoms with Crippen molar-refractivity contribution in [1.29, 1.82) is 0 Å². The Hall–Kier alpha value is -3.23. The third-order valence-electron chi connectivity index (χ3n) is 4.25. The van der Waals surface area contributed by atoms with Crippen LogP contribution < -0.4 is 16.8 Å². The molecular weight excluding hydrogens is 386 g/mol. The van der Waals surface area contributed by atoms with Crippen LogP contribution in [-0.4, -0.2) is 36.5 Å². The van der Waals surface area contributed by atoms with E-state index in [4.69, 9.17) is 16.6 Å². The van der Waals surface area contributed by atoms with Crippen LogP contribution in [-0.2, 0) is 37.1 Å². The van der Waals surface area contributed by atoms with Crippen LogP contribution >= 0.6 is 0 Å². The average molecular weight is 414 g/mol. The summed E-state index contributed by atoms with van der Waals surface area (Å²) in [6.07, 6.45) is -0.103. The molecule has 8 heteroatoms. The van der Waals surface area contributed by atoms with E-state index in [1.807, 2.05) is 60.7 Å². The molecule has 5 N–H and O–H groups in total. The minimum Gasteiger partial charge on any atom is -0.461 e. The van der Waals surface area contributed by atoms with E-state index in [2.05, 4.69) is 11.0 Å². The summed E-state index contributed by atoms with van der Waals surface area (Å²) in [6, 6.07) is 16.5. The van der Waals surface area contributed by atoms with E-state index in [9.17, 15) is 14.4 Å². The first kappa shape index (κ1) is 21.5. The molecule has 0 aliphatic rings. The third kappa shape index (κ3) is 8.42. The summed E-state index contributed by atoms with van der Waals surface area (Å²) in [5.74, 6) is -1.91. The number of carbonyl (C=O) groups excluding carboxylic acids is 3. The van der Waals surface area contributed by atoms with Crippen molar-refractivity contribution < 1.29 is 25.3 Å². The fourth-order valence-corrected chi connectivity index (χ4v) is 2.57. The molecule has 0 spiro atoms. The van der Waals surface area contributed by atoms with Crippen LogP contribution in [0, 0.1) is 0 Å². The molecule has 0 aromatic heterocycles. The summed E-state index contributed by atoms with van der Waals surface area (Å²) in [4.78, 5) is 36.0. The van der Waals surface area contributed by atoms with Crippen molar-refractivity contribution in [3.05, 3.63) is 71.8 Å². The molecule has 2 rings (SSSR count). The zero-order chi connectivity index (χ0) is 22.5. The van der Waals surface area contributed by atoms with Gasteiger partial charge >= 0.3 is 5.97 Å². The highest BCUT2D eigenvalue weighted by molar-refractivity contribution is 5.89. The average Bonchev–Trinajstić information content (AvgIpc) is 2.79. The van der Waals surface area contributed by atoms with Crippen molar-refractivity contribution in [2.24, 2.45) is 11.5 Å². The van der Waals surface area contributed by atoms with E-state index >= 15 is 0 Å². The Kier molecular flexibility index (Phi) is 8.85. The molecule has 160 valence electrons. The molecule has 2 aromatic rings. The second-order valence-electron chi connectivity index (χ2n) is 6.70. The molecule has 2 aromatic carbocycles. The van der Waals surface area contributed by atoms with Gasteiger partial charge in [-0.2, -0.15) is 0 Å². The normalized spacial score (nSPS) is 13.0. The Balaban J connectivity index is 1.76. The summed E-state index contributed by atoms with van der Waals surface area (Å²) in [5, 5.41) is 2.46. The van der Waals surface area contributed by atoms with Gasteiger partial charge < -0.3 is 26.3 Å². The van der Waals surface area contributed by atoms with Gasteiger partial charge in [-0.15, -0.1) is 0 Å². The fraction of sp³-hybridized carbons (Fsp3) is 0.318. The molecule has 0 saturated carbocycles. The molecule has 8 nitrogen and oxygen atoms in total. The summed E-state index contributed by atoms with van der Waals surface area (Å²) in [5.41, 5.74) is 9.22. The maximum absolute atomic E-state index is 12.4. The van der Waals surface area contributed by atoms with E-state index < -0.39 is 29.9 Å². The first-order chi connectivity index (χ1) is 15.0. The first-order valence-electron chi connectivity index (χ1n) is 10.1. The number of ether oxygens (including phenoxy) is 2. The highest BCUT2D eigenvalue weighted by Crippen LogP contribution is 2.05. The van der Waals surface area contributed by atoms with Crippen LogP contribution in [0.15, 0.2) is 60.7 Å². The number of benzene rings is 2. The summed E-state index contributed by atoms with van der Waals surface area (Å²) >= 11 is 0. The molecule has 2 amide bonds. The van der Waals surface area contributed by atoms with Crippen LogP contribution in [0.5, 0.6) is 0 Å². The van der Waals surface area contributed by atoms with Crippen LogP contribution in [0.4, 0.5) is 0 Å². The molecule has 0 unspecified atom stereocenters. The predicted molar refractivity (Wildman–Crippen MR) is 111 cm³/mol. The number of hydrogen-bond donors (Lipinski definition) is 3. The van der Waals surface area contributed by atoms with Gasteiger partial charge in [0.15, 0.2) is 0 Å². The second kappa shape index (κ2) is 12.4. The van der Waals surface area contributed by atoms with Crippen molar-refractivity contribution in [1.82, 2.24) is 5.32 Å². The van der Waals surface area contributed by atoms with Crippen molar-refractivity contribution in [3.63, 3.8) is 0 Å². The summed E-state index contributed by atoms with van der Waals surface area (Å²) < 4.78 is 18.0. The minimum absolute atomic E-state index is 0.00963. The van der Waals surface area contributed by atoms with Crippen LogP contribution in [0.25, 0.3) is 0 Å². The molecule has 0 aliphatic heterocycles. The number of hydrogen-bond acceptors (Lipinski definition) is 6. The predicted octanol–water partition coefficient (Wildman–Crippen LogP) is 1.02. The Bertz CT molecular complexity index is 836. The van der Waals surface area contributed by atoms with Gasteiger partial charge in [-0.3, -0.25) is 14.4 Å². The topological polar surface area (TPSA) is 134 Å². The lowest BCUT2D eigenvalue weighted by Gasteiger charge is -2.18. The maximum Gasteiger partial charge on any atom is 0.306 e. The molecule has 2 atom stereocenters. The van der Waals surface area contributed by atoms with E-state index in [0.29, 0.717) is 0 Å². The van der Waals surface area contributed by atoms with Gasteiger partial charge in [0.05, 0.1) is 13.2 Å². The SMILES string of the molecule is [2H]N[C@@H](COCc1ccccc1)C(=O)N[C@@H](CCC(=O)OCc1ccccc1)C(N)=O. The molecule has 0 heterocycles. The van der Waals surface area contributed by atoms with E-state index in [1.54, 1.807) is 0 Å². The highest BCUT2D eigenvalue weighted by Gasteiger charge is 2.23. The molecule has 0 radical (unpaired) electrons. The number of amides is 2. The Morgan fingerprint density at radius 1 is 0.967 bits per heavy atom. The summed E-state index contributed by atoms with van der Waals surface area (Å²) in [6.45, 7) is 0.324. The second-order valence-corrected chi connectivity index (χ2v) is 6.70. The van der Waals surface area contributed by atoms with Gasteiger partial charge in [0.25, 0.3) is 0 Å². The fourth-order valence-electron chi connectivity index (χ4n) is 2.57. The molecule has 30 heavy (non-hydrogen) atoms.